The van der Waals surface area contributed by atoms with Gasteiger partial charge in [0.25, 0.3) is 0 Å². The summed E-state index contributed by atoms with van der Waals surface area (Å²) in [5, 5.41) is 19.0. The Morgan fingerprint density at radius 1 is 1.24 bits per heavy atom. The molecule has 0 aliphatic carbocycles. The van der Waals surface area contributed by atoms with Crippen LogP contribution in [0.25, 0.3) is 0 Å². The van der Waals surface area contributed by atoms with E-state index in [4.69, 9.17) is 5.11 Å². The van der Waals surface area contributed by atoms with Gasteiger partial charge in [-0.05, 0) is 25.3 Å². The summed E-state index contributed by atoms with van der Waals surface area (Å²) in [6, 6.07) is 13.4. The molecular formula is C19H26N4O2. The summed E-state index contributed by atoms with van der Waals surface area (Å²) in [6.45, 7) is 6.69. The third kappa shape index (κ3) is 3.78. The molecule has 1 N–H and O–H groups in total. The van der Waals surface area contributed by atoms with Gasteiger partial charge in [0.05, 0.1) is 6.07 Å². The van der Waals surface area contributed by atoms with Crippen molar-refractivity contribution in [2.75, 3.05) is 32.7 Å². The fraction of sp³-hybridized carbons (Fsp3) is 0.579. The number of carboxylic acid groups (broad SMARTS) is 1. The predicted molar refractivity (Wildman–Crippen MR) is 95.1 cm³/mol. The fourth-order valence-electron chi connectivity index (χ4n) is 4.00. The van der Waals surface area contributed by atoms with Crippen molar-refractivity contribution in [2.24, 2.45) is 0 Å². The van der Waals surface area contributed by atoms with E-state index in [0.717, 1.165) is 26.2 Å². The summed E-state index contributed by atoms with van der Waals surface area (Å²) < 4.78 is 0. The molecule has 1 aromatic rings. The van der Waals surface area contributed by atoms with E-state index in [-0.39, 0.29) is 0 Å². The van der Waals surface area contributed by atoms with Crippen LogP contribution in [0.15, 0.2) is 30.3 Å². The first kappa shape index (κ1) is 17.7. The zero-order valence-corrected chi connectivity index (χ0v) is 14.8. The molecule has 1 aromatic carbocycles. The van der Waals surface area contributed by atoms with Gasteiger partial charge >= 0.3 is 6.09 Å². The number of nitrogens with zero attached hydrogens (tertiary/aromatic N) is 4. The van der Waals surface area contributed by atoms with E-state index in [2.05, 4.69) is 47.1 Å². The number of hydrogen-bond acceptors (Lipinski definition) is 4. The normalized spacial score (nSPS) is 24.6. The molecule has 0 bridgehead atoms. The smallest absolute Gasteiger partial charge is 0.407 e. The third-order valence-electron chi connectivity index (χ3n) is 5.67. The summed E-state index contributed by atoms with van der Waals surface area (Å²) in [7, 11) is 0. The molecule has 2 aliphatic heterocycles. The zero-order chi connectivity index (χ0) is 17.9. The second kappa shape index (κ2) is 7.42. The Balaban J connectivity index is 1.62. The minimum Gasteiger partial charge on any atom is -0.465 e. The first-order valence-corrected chi connectivity index (χ1v) is 8.96. The maximum absolute atomic E-state index is 11.1. The Bertz CT molecular complexity index is 635. The molecule has 0 radical (unpaired) electrons. The lowest BCUT2D eigenvalue weighted by Crippen LogP contribution is -2.62. The molecule has 1 atom stereocenters. The van der Waals surface area contributed by atoms with E-state index in [1.807, 2.05) is 6.07 Å². The van der Waals surface area contributed by atoms with Crippen LogP contribution < -0.4 is 0 Å². The highest BCUT2D eigenvalue weighted by Gasteiger charge is 2.43. The van der Waals surface area contributed by atoms with Gasteiger partial charge in [-0.3, -0.25) is 9.80 Å². The van der Waals surface area contributed by atoms with Crippen molar-refractivity contribution in [3.8, 4) is 6.07 Å². The minimum atomic E-state index is -0.882. The van der Waals surface area contributed by atoms with Gasteiger partial charge in [-0.25, -0.2) is 4.79 Å². The largest absolute Gasteiger partial charge is 0.465 e. The van der Waals surface area contributed by atoms with Crippen LogP contribution in [0, 0.1) is 11.3 Å². The van der Waals surface area contributed by atoms with Crippen LogP contribution in [-0.2, 0) is 6.54 Å². The number of amides is 1. The van der Waals surface area contributed by atoms with E-state index < -0.39 is 11.6 Å². The van der Waals surface area contributed by atoms with E-state index in [1.54, 1.807) is 0 Å². The quantitative estimate of drug-likeness (QED) is 0.912. The van der Waals surface area contributed by atoms with Gasteiger partial charge in [0, 0.05) is 45.3 Å². The van der Waals surface area contributed by atoms with E-state index in [0.29, 0.717) is 32.0 Å². The van der Waals surface area contributed by atoms with Gasteiger partial charge in [0.1, 0.15) is 5.54 Å². The molecule has 25 heavy (non-hydrogen) atoms. The molecule has 2 aliphatic rings. The van der Waals surface area contributed by atoms with Crippen LogP contribution in [-0.4, -0.2) is 70.2 Å². The van der Waals surface area contributed by atoms with E-state index >= 15 is 0 Å². The maximum atomic E-state index is 11.1. The van der Waals surface area contributed by atoms with Gasteiger partial charge in [0.2, 0.25) is 0 Å². The Kier molecular flexibility index (Phi) is 5.26. The van der Waals surface area contributed by atoms with Crippen molar-refractivity contribution < 1.29 is 9.90 Å². The molecule has 1 amide bonds. The molecule has 0 saturated carbocycles. The van der Waals surface area contributed by atoms with Crippen molar-refractivity contribution in [2.45, 2.75) is 37.9 Å². The topological polar surface area (TPSA) is 70.8 Å². The van der Waals surface area contributed by atoms with Crippen LogP contribution >= 0.6 is 0 Å². The standard InChI is InChI=1S/C19H26N4O2/c1-16-13-23(12-11-22(16)14-17-5-3-2-4-6-17)19(15-20)7-9-21(10-8-19)18(24)25/h2-6,16H,7-14H2,1H3,(H,24,25). The molecule has 0 spiro atoms. The Labute approximate surface area is 149 Å². The SMILES string of the molecule is CC1CN(C2(C#N)CCN(C(=O)O)CC2)CCN1Cc1ccccc1. The van der Waals surface area contributed by atoms with Gasteiger partial charge in [0.15, 0.2) is 0 Å². The Morgan fingerprint density at radius 2 is 1.92 bits per heavy atom. The lowest BCUT2D eigenvalue weighted by Gasteiger charge is -2.49. The lowest BCUT2D eigenvalue weighted by molar-refractivity contribution is -0.00154. The van der Waals surface area contributed by atoms with Crippen molar-refractivity contribution in [1.29, 1.82) is 5.26 Å². The number of hydrogen-bond donors (Lipinski definition) is 1. The van der Waals surface area contributed by atoms with Gasteiger partial charge in [-0.1, -0.05) is 30.3 Å². The molecule has 134 valence electrons. The molecule has 2 heterocycles. The van der Waals surface area contributed by atoms with Crippen LogP contribution in [0.3, 0.4) is 0 Å². The van der Waals surface area contributed by atoms with Crippen LogP contribution in [0.1, 0.15) is 25.3 Å². The molecule has 2 saturated heterocycles. The number of carbonyl (C=O) groups is 1. The molecule has 0 aromatic heterocycles. The molecule has 2 fully saturated rings. The number of piperazine rings is 1. The molecule has 6 nitrogen and oxygen atoms in total. The number of piperidine rings is 1. The predicted octanol–water partition coefficient (Wildman–Crippen LogP) is 2.23. The molecule has 6 heteroatoms. The Hall–Kier alpha value is -2.10. The summed E-state index contributed by atoms with van der Waals surface area (Å²) in [6.07, 6.45) is 0.315. The zero-order valence-electron chi connectivity index (χ0n) is 14.8. The van der Waals surface area contributed by atoms with Crippen molar-refractivity contribution in [3.05, 3.63) is 35.9 Å². The van der Waals surface area contributed by atoms with Gasteiger partial charge in [-0.2, -0.15) is 5.26 Å². The monoisotopic (exact) mass is 342 g/mol. The second-order valence-corrected chi connectivity index (χ2v) is 7.16. The number of rotatable bonds is 3. The Morgan fingerprint density at radius 3 is 2.48 bits per heavy atom. The van der Waals surface area contributed by atoms with Crippen LogP contribution in [0.2, 0.25) is 0 Å². The highest BCUT2D eigenvalue weighted by atomic mass is 16.4. The van der Waals surface area contributed by atoms with Crippen LogP contribution in [0.5, 0.6) is 0 Å². The summed E-state index contributed by atoms with van der Waals surface area (Å²) in [5.41, 5.74) is 0.798. The summed E-state index contributed by atoms with van der Waals surface area (Å²) in [4.78, 5) is 17.3. The lowest BCUT2D eigenvalue weighted by atomic mass is 9.86. The van der Waals surface area contributed by atoms with Crippen molar-refractivity contribution >= 4 is 6.09 Å². The van der Waals surface area contributed by atoms with Crippen LogP contribution in [0.4, 0.5) is 4.79 Å². The number of likely N-dealkylation sites (tertiary alicyclic amines) is 1. The maximum Gasteiger partial charge on any atom is 0.407 e. The van der Waals surface area contributed by atoms with E-state index in [9.17, 15) is 10.1 Å². The number of benzene rings is 1. The van der Waals surface area contributed by atoms with Crippen molar-refractivity contribution in [1.82, 2.24) is 14.7 Å². The highest BCUT2D eigenvalue weighted by molar-refractivity contribution is 5.65. The molecule has 1 unspecified atom stereocenters. The second-order valence-electron chi connectivity index (χ2n) is 7.16. The average Bonchev–Trinajstić information content (AvgIpc) is 2.64. The van der Waals surface area contributed by atoms with Crippen molar-refractivity contribution in [3.63, 3.8) is 0 Å². The first-order valence-electron chi connectivity index (χ1n) is 8.96. The highest BCUT2D eigenvalue weighted by Crippen LogP contribution is 2.31. The average molecular weight is 342 g/mol. The third-order valence-corrected chi connectivity index (χ3v) is 5.67. The fourth-order valence-corrected chi connectivity index (χ4v) is 4.00. The van der Waals surface area contributed by atoms with Gasteiger partial charge < -0.3 is 10.0 Å². The van der Waals surface area contributed by atoms with Gasteiger partial charge in [-0.15, -0.1) is 0 Å². The molecule has 3 rings (SSSR count). The minimum absolute atomic E-state index is 0.372. The molecular weight excluding hydrogens is 316 g/mol. The first-order chi connectivity index (χ1) is 12.0. The summed E-state index contributed by atoms with van der Waals surface area (Å²) in [5.74, 6) is 0. The number of nitriles is 1. The van der Waals surface area contributed by atoms with E-state index in [1.165, 1.54) is 10.5 Å². The summed E-state index contributed by atoms with van der Waals surface area (Å²) >= 11 is 0.